The Balaban J connectivity index is 0.000000326. The number of piperidine rings is 3. The van der Waals surface area contributed by atoms with Gasteiger partial charge >= 0.3 is 12.2 Å². The molecule has 3 spiro atoms. The SMILES string of the molecule is CC#N.CCN1NC(=O)CC12CCN(C(=O)OC(C)(C)C)CC2.Cl.[2H]C([2H])([2H])N1C(=O)CC2(CCN(C(=O)OC(C)(C)C)CC2)N1CC.[2H]C([2H])([2H])N1C(=O)CC2(CCNCC2)N1CC. The molecule has 59 heavy (non-hydrogen) atoms. The van der Waals surface area contributed by atoms with Crippen LogP contribution in [0.1, 0.15) is 135 Å². The molecule has 0 unspecified atom stereocenters. The molecule has 338 valence electrons. The fourth-order valence-electron chi connectivity index (χ4n) is 8.73. The summed E-state index contributed by atoms with van der Waals surface area (Å²) < 4.78 is 56.0. The third-order valence-corrected chi connectivity index (χ3v) is 11.5. The van der Waals surface area contributed by atoms with Crippen LogP contribution >= 0.6 is 12.4 Å². The number of nitriles is 1. The Morgan fingerprint density at radius 3 is 1.41 bits per heavy atom. The number of hydrogen-bond acceptors (Lipinski definition) is 12. The van der Waals surface area contributed by atoms with Gasteiger partial charge in [-0.25, -0.2) is 24.6 Å². The number of halogens is 1. The van der Waals surface area contributed by atoms with E-state index < -0.39 is 30.7 Å². The van der Waals surface area contributed by atoms with Gasteiger partial charge in [-0.1, -0.05) is 20.8 Å². The Morgan fingerprint density at radius 2 is 1.07 bits per heavy atom. The summed E-state index contributed by atoms with van der Waals surface area (Å²) in [6.45, 7) is 19.1. The van der Waals surface area contributed by atoms with Gasteiger partial charge in [-0.3, -0.25) is 29.8 Å². The molecule has 6 saturated heterocycles. The van der Waals surface area contributed by atoms with Crippen molar-refractivity contribution in [3.63, 3.8) is 0 Å². The summed E-state index contributed by atoms with van der Waals surface area (Å²) in [6, 6.07) is 1.75. The van der Waals surface area contributed by atoms with E-state index in [2.05, 4.69) is 10.7 Å². The molecular formula is C41H75ClN10O7. The number of carbonyl (C=O) groups excluding carboxylic acids is 5. The van der Waals surface area contributed by atoms with Crippen LogP contribution in [0, 0.1) is 11.3 Å². The van der Waals surface area contributed by atoms with Crippen LogP contribution in [0.15, 0.2) is 0 Å². The number of hydrazine groups is 3. The van der Waals surface area contributed by atoms with Crippen molar-refractivity contribution in [2.45, 2.75) is 155 Å². The summed E-state index contributed by atoms with van der Waals surface area (Å²) in [5, 5.41) is 18.0. The molecule has 0 aromatic heterocycles. The molecular weight excluding hydrogens is 780 g/mol. The first-order chi connectivity index (χ1) is 29.5. The predicted octanol–water partition coefficient (Wildman–Crippen LogP) is 4.53. The molecule has 0 radical (unpaired) electrons. The zero-order valence-electron chi connectivity index (χ0n) is 43.1. The highest BCUT2D eigenvalue weighted by Gasteiger charge is 2.51. The van der Waals surface area contributed by atoms with Gasteiger partial charge in [0.25, 0.3) is 0 Å². The van der Waals surface area contributed by atoms with Crippen molar-refractivity contribution < 1.29 is 41.7 Å². The normalized spacial score (nSPS) is 24.6. The average molecular weight is 862 g/mol. The quantitative estimate of drug-likeness (QED) is 0.407. The van der Waals surface area contributed by atoms with Crippen molar-refractivity contribution in [1.29, 1.82) is 5.26 Å². The smallest absolute Gasteiger partial charge is 0.410 e. The minimum atomic E-state index is -2.47. The molecule has 6 aliphatic heterocycles. The lowest BCUT2D eigenvalue weighted by atomic mass is 9.85. The molecule has 0 aliphatic carbocycles. The van der Waals surface area contributed by atoms with E-state index in [0.717, 1.165) is 55.3 Å². The minimum Gasteiger partial charge on any atom is -0.444 e. The van der Waals surface area contributed by atoms with Crippen LogP contribution in [-0.2, 0) is 23.9 Å². The topological polar surface area (TPSA) is 174 Å². The van der Waals surface area contributed by atoms with Crippen LogP contribution in [0.4, 0.5) is 9.59 Å². The van der Waals surface area contributed by atoms with E-state index in [0.29, 0.717) is 65.0 Å². The molecule has 0 bridgehead atoms. The van der Waals surface area contributed by atoms with E-state index >= 15 is 0 Å². The zero-order chi connectivity index (χ0) is 48.7. The van der Waals surface area contributed by atoms with Gasteiger partial charge in [-0.2, -0.15) is 5.26 Å². The van der Waals surface area contributed by atoms with Gasteiger partial charge in [0.2, 0.25) is 17.7 Å². The van der Waals surface area contributed by atoms with E-state index in [4.69, 9.17) is 23.0 Å². The van der Waals surface area contributed by atoms with Crippen LogP contribution in [0.2, 0.25) is 0 Å². The molecule has 0 saturated carbocycles. The number of nitrogens with one attached hydrogen (secondary N) is 2. The fourth-order valence-corrected chi connectivity index (χ4v) is 8.73. The number of rotatable bonds is 3. The van der Waals surface area contributed by atoms with Gasteiger partial charge in [0.05, 0.1) is 22.7 Å². The Labute approximate surface area is 368 Å². The van der Waals surface area contributed by atoms with Crippen molar-refractivity contribution >= 4 is 42.3 Å². The molecule has 0 atom stereocenters. The van der Waals surface area contributed by atoms with Gasteiger partial charge < -0.3 is 24.6 Å². The molecule has 6 heterocycles. The zero-order valence-corrected chi connectivity index (χ0v) is 37.9. The van der Waals surface area contributed by atoms with Crippen molar-refractivity contribution in [2.75, 3.05) is 72.9 Å². The van der Waals surface area contributed by atoms with Crippen LogP contribution in [0.25, 0.3) is 0 Å². The van der Waals surface area contributed by atoms with Crippen LogP contribution in [-0.4, -0.2) is 165 Å². The van der Waals surface area contributed by atoms with E-state index in [9.17, 15) is 24.0 Å². The third kappa shape index (κ3) is 13.0. The summed E-state index contributed by atoms with van der Waals surface area (Å²) in [6.07, 6.45) is 4.81. The number of hydrogen-bond donors (Lipinski definition) is 2. The highest BCUT2D eigenvalue weighted by atomic mass is 35.5. The largest absolute Gasteiger partial charge is 0.444 e. The first-order valence-corrected chi connectivity index (χ1v) is 20.7. The van der Waals surface area contributed by atoms with Crippen molar-refractivity contribution in [1.82, 2.24) is 45.6 Å². The van der Waals surface area contributed by atoms with Crippen LogP contribution in [0.5, 0.6) is 0 Å². The van der Waals surface area contributed by atoms with E-state index in [1.54, 1.807) is 25.9 Å². The Bertz CT molecular complexity index is 1680. The summed E-state index contributed by atoms with van der Waals surface area (Å²) in [5.74, 6) is -0.561. The Kier molecular flexibility index (Phi) is 15.3. The lowest BCUT2D eigenvalue weighted by Crippen LogP contribution is -2.55. The maximum Gasteiger partial charge on any atom is 0.410 e. The molecule has 6 aliphatic rings. The third-order valence-electron chi connectivity index (χ3n) is 11.5. The highest BCUT2D eigenvalue weighted by Crippen LogP contribution is 2.39. The summed E-state index contributed by atoms with van der Waals surface area (Å²) in [4.78, 5) is 63.5. The molecule has 0 aromatic rings. The van der Waals surface area contributed by atoms with Gasteiger partial charge in [0, 0.05) is 94.2 Å². The lowest BCUT2D eigenvalue weighted by Gasteiger charge is -2.44. The van der Waals surface area contributed by atoms with Crippen molar-refractivity contribution in [2.24, 2.45) is 0 Å². The minimum absolute atomic E-state index is 0. The molecule has 6 rings (SSSR count). The summed E-state index contributed by atoms with van der Waals surface area (Å²) >= 11 is 0. The number of likely N-dealkylation sites (tertiary alicyclic amines) is 2. The molecule has 17 nitrogen and oxygen atoms in total. The average Bonchev–Trinajstić information content (AvgIpc) is 3.75. The maximum absolute atomic E-state index is 12.3. The second kappa shape index (κ2) is 21.4. The fraction of sp³-hybridized carbons (Fsp3) is 0.854. The second-order valence-electron chi connectivity index (χ2n) is 17.7. The van der Waals surface area contributed by atoms with E-state index in [1.165, 1.54) is 6.92 Å². The molecule has 18 heteroatoms. The standard InChI is InChI=1S/C15H27N3O3.C14H25N3O3.C10H19N3O.C2H3N.ClH/c1-6-18-15(11-12(19)16(18)5)7-9-17(10-8-15)13(20)21-14(2,3)4;1-5-17-14(10-11(18)15-17)6-8-16(9-7-14)12(19)20-13(2,3)4;1-3-13-10(4-6-11-7-5-10)8-9(14)12(13)2;1-2-3;/h6-11H2,1-5H3;5-10H2,1-4H3,(H,15,18);11H,3-8H2,1-2H3;1H3;1H/i5D3;;2D3;;. The highest BCUT2D eigenvalue weighted by molar-refractivity contribution is 5.85. The number of carbonyl (C=O) groups is 5. The number of ether oxygens (including phenoxy) is 2. The first kappa shape index (κ1) is 42.3. The monoisotopic (exact) mass is 861 g/mol. The van der Waals surface area contributed by atoms with Crippen molar-refractivity contribution in [3.05, 3.63) is 0 Å². The Morgan fingerprint density at radius 1 is 0.695 bits per heavy atom. The summed E-state index contributed by atoms with van der Waals surface area (Å²) in [5.41, 5.74) is 0.980. The van der Waals surface area contributed by atoms with Gasteiger partial charge in [-0.05, 0) is 93.2 Å². The molecule has 6 fully saturated rings. The van der Waals surface area contributed by atoms with E-state index in [-0.39, 0.29) is 59.8 Å². The van der Waals surface area contributed by atoms with Crippen LogP contribution < -0.4 is 10.7 Å². The summed E-state index contributed by atoms with van der Waals surface area (Å²) in [7, 11) is 0. The van der Waals surface area contributed by atoms with Crippen LogP contribution in [0.3, 0.4) is 0 Å². The maximum atomic E-state index is 12.3. The molecule has 5 amide bonds. The van der Waals surface area contributed by atoms with Crippen molar-refractivity contribution in [3.8, 4) is 6.07 Å². The van der Waals surface area contributed by atoms with Gasteiger partial charge in [0.15, 0.2) is 0 Å². The van der Waals surface area contributed by atoms with Gasteiger partial charge in [0.1, 0.15) is 11.2 Å². The second-order valence-corrected chi connectivity index (χ2v) is 17.7. The molecule has 0 aromatic carbocycles. The predicted molar refractivity (Wildman–Crippen MR) is 228 cm³/mol. The molecule has 2 N–H and O–H groups in total. The number of amides is 5. The Hall–Kier alpha value is -3.43. The first-order valence-electron chi connectivity index (χ1n) is 23.7. The number of nitrogens with zero attached hydrogens (tertiary/aromatic N) is 8. The van der Waals surface area contributed by atoms with E-state index in [1.807, 2.05) is 67.3 Å². The lowest BCUT2D eigenvalue weighted by molar-refractivity contribution is -0.138. The van der Waals surface area contributed by atoms with Gasteiger partial charge in [-0.15, -0.1) is 12.4 Å².